The van der Waals surface area contributed by atoms with E-state index in [9.17, 15) is 4.79 Å². The van der Waals surface area contributed by atoms with E-state index in [-0.39, 0.29) is 5.56 Å². The summed E-state index contributed by atoms with van der Waals surface area (Å²) in [6, 6.07) is 3.97. The number of imidazole rings is 1. The number of hydrogen-bond acceptors (Lipinski definition) is 4. The van der Waals surface area contributed by atoms with Crippen molar-refractivity contribution >= 4 is 22.5 Å². The molecule has 0 fully saturated rings. The van der Waals surface area contributed by atoms with Crippen LogP contribution in [0.2, 0.25) is 0 Å². The molecule has 0 amide bonds. The van der Waals surface area contributed by atoms with Gasteiger partial charge in [-0.05, 0) is 17.9 Å². The molecule has 0 radical (unpaired) electrons. The topological polar surface area (TPSA) is 52.7 Å². The first-order chi connectivity index (χ1) is 10.3. The molecule has 0 aliphatic rings. The number of rotatable bonds is 5. The minimum Gasteiger partial charge on any atom is -0.304 e. The van der Waals surface area contributed by atoms with Crippen molar-refractivity contribution in [1.29, 1.82) is 0 Å². The Morgan fingerprint density at radius 3 is 3.00 bits per heavy atom. The summed E-state index contributed by atoms with van der Waals surface area (Å²) in [4.78, 5) is 22.5. The minimum atomic E-state index is -0.0810. The van der Waals surface area contributed by atoms with Crippen LogP contribution < -0.4 is 5.56 Å². The van der Waals surface area contributed by atoms with Crippen molar-refractivity contribution in [1.82, 2.24) is 19.1 Å². The second-order valence-electron chi connectivity index (χ2n) is 4.73. The fourth-order valence-corrected chi connectivity index (χ4v) is 3.05. The van der Waals surface area contributed by atoms with E-state index in [2.05, 4.69) is 16.5 Å². The standard InChI is InChI=1S/C15H16N4OS/c1-3-7-18-10-16-14-12(15(18)20)17-13(19(14)8-4-2)11-6-5-9-21-11/h4-6,9-10H,2-3,7-8H2,1H3. The maximum Gasteiger partial charge on any atom is 0.281 e. The van der Waals surface area contributed by atoms with Crippen molar-refractivity contribution in [3.05, 3.63) is 46.8 Å². The second kappa shape index (κ2) is 5.65. The van der Waals surface area contributed by atoms with Gasteiger partial charge in [-0.2, -0.15) is 0 Å². The van der Waals surface area contributed by atoms with E-state index in [4.69, 9.17) is 0 Å². The summed E-state index contributed by atoms with van der Waals surface area (Å²) in [5.41, 5.74) is 0.967. The molecule has 0 unspecified atom stereocenters. The van der Waals surface area contributed by atoms with Crippen LogP contribution >= 0.6 is 11.3 Å². The lowest BCUT2D eigenvalue weighted by Crippen LogP contribution is -2.20. The van der Waals surface area contributed by atoms with E-state index in [0.717, 1.165) is 17.1 Å². The fraction of sp³-hybridized carbons (Fsp3) is 0.267. The first-order valence-corrected chi connectivity index (χ1v) is 7.74. The van der Waals surface area contributed by atoms with Gasteiger partial charge in [0.15, 0.2) is 17.0 Å². The number of nitrogens with zero attached hydrogens (tertiary/aromatic N) is 4. The molecule has 0 aliphatic heterocycles. The molecule has 3 rings (SSSR count). The Morgan fingerprint density at radius 2 is 2.33 bits per heavy atom. The smallest absolute Gasteiger partial charge is 0.281 e. The van der Waals surface area contributed by atoms with E-state index in [1.165, 1.54) is 0 Å². The number of hydrogen-bond donors (Lipinski definition) is 0. The molecule has 108 valence electrons. The molecule has 5 nitrogen and oxygen atoms in total. The molecule has 3 aromatic heterocycles. The number of aromatic nitrogens is 4. The van der Waals surface area contributed by atoms with E-state index >= 15 is 0 Å². The van der Waals surface area contributed by atoms with Crippen molar-refractivity contribution < 1.29 is 0 Å². The molecule has 3 aromatic rings. The molecule has 0 aromatic carbocycles. The predicted molar refractivity (Wildman–Crippen MR) is 85.6 cm³/mol. The summed E-state index contributed by atoms with van der Waals surface area (Å²) >= 11 is 1.60. The van der Waals surface area contributed by atoms with Gasteiger partial charge >= 0.3 is 0 Å². The summed E-state index contributed by atoms with van der Waals surface area (Å²) in [5.74, 6) is 0.777. The predicted octanol–water partition coefficient (Wildman–Crippen LogP) is 2.92. The number of aryl methyl sites for hydroxylation is 1. The van der Waals surface area contributed by atoms with Crippen molar-refractivity contribution in [2.45, 2.75) is 26.4 Å². The van der Waals surface area contributed by atoms with Crippen molar-refractivity contribution in [2.24, 2.45) is 0 Å². The third kappa shape index (κ3) is 2.31. The Kier molecular flexibility index (Phi) is 3.70. The summed E-state index contributed by atoms with van der Waals surface area (Å²) in [6.07, 6.45) is 4.28. The highest BCUT2D eigenvalue weighted by Crippen LogP contribution is 2.26. The van der Waals surface area contributed by atoms with Crippen molar-refractivity contribution in [2.75, 3.05) is 0 Å². The van der Waals surface area contributed by atoms with Crippen molar-refractivity contribution in [3.63, 3.8) is 0 Å². The molecule has 6 heteroatoms. The Hall–Kier alpha value is -2.21. The number of allylic oxidation sites excluding steroid dienone is 1. The molecular weight excluding hydrogens is 284 g/mol. The SMILES string of the molecule is C=CCn1c(-c2cccs2)nc2c(=O)n(CCC)cnc21. The van der Waals surface area contributed by atoms with Crippen LogP contribution in [0.15, 0.2) is 41.3 Å². The molecule has 0 saturated carbocycles. The van der Waals surface area contributed by atoms with Gasteiger partial charge in [-0.1, -0.05) is 19.1 Å². The fourth-order valence-electron chi connectivity index (χ4n) is 2.33. The average molecular weight is 300 g/mol. The quantitative estimate of drug-likeness (QED) is 0.681. The van der Waals surface area contributed by atoms with E-state index in [0.29, 0.717) is 24.3 Å². The highest BCUT2D eigenvalue weighted by Gasteiger charge is 2.17. The first kappa shape index (κ1) is 13.8. The summed E-state index contributed by atoms with van der Waals surface area (Å²) in [6.45, 7) is 7.04. The molecule has 3 heterocycles. The van der Waals surface area contributed by atoms with E-state index < -0.39 is 0 Å². The molecular formula is C15H16N4OS. The molecule has 0 atom stereocenters. The second-order valence-corrected chi connectivity index (χ2v) is 5.68. The molecule has 21 heavy (non-hydrogen) atoms. The van der Waals surface area contributed by atoms with Gasteiger partial charge in [-0.3, -0.25) is 9.36 Å². The molecule has 0 aliphatic carbocycles. The average Bonchev–Trinajstić information content (AvgIpc) is 3.11. The maximum absolute atomic E-state index is 12.5. The zero-order chi connectivity index (χ0) is 14.8. The van der Waals surface area contributed by atoms with Crippen LogP contribution in [-0.4, -0.2) is 19.1 Å². The van der Waals surface area contributed by atoms with Crippen LogP contribution in [0.5, 0.6) is 0 Å². The van der Waals surface area contributed by atoms with Gasteiger partial charge in [0, 0.05) is 13.1 Å². The van der Waals surface area contributed by atoms with Crippen LogP contribution in [0, 0.1) is 0 Å². The van der Waals surface area contributed by atoms with E-state index in [1.807, 2.05) is 29.0 Å². The van der Waals surface area contributed by atoms with Gasteiger partial charge in [0.2, 0.25) is 0 Å². The van der Waals surface area contributed by atoms with Crippen LogP contribution in [-0.2, 0) is 13.1 Å². The van der Waals surface area contributed by atoms with E-state index in [1.54, 1.807) is 28.3 Å². The third-order valence-corrected chi connectivity index (χ3v) is 4.11. The lowest BCUT2D eigenvalue weighted by atomic mass is 10.4. The van der Waals surface area contributed by atoms with Gasteiger partial charge in [-0.15, -0.1) is 17.9 Å². The zero-order valence-corrected chi connectivity index (χ0v) is 12.6. The summed E-state index contributed by atoms with van der Waals surface area (Å²) in [5, 5.41) is 2.00. The molecule has 0 bridgehead atoms. The highest BCUT2D eigenvalue weighted by molar-refractivity contribution is 7.13. The van der Waals surface area contributed by atoms with Crippen LogP contribution in [0.3, 0.4) is 0 Å². The van der Waals surface area contributed by atoms with Crippen LogP contribution in [0.25, 0.3) is 21.9 Å². The molecule has 0 spiro atoms. The normalized spacial score (nSPS) is 11.1. The largest absolute Gasteiger partial charge is 0.304 e. The van der Waals surface area contributed by atoms with Crippen LogP contribution in [0.4, 0.5) is 0 Å². The summed E-state index contributed by atoms with van der Waals surface area (Å²) < 4.78 is 3.55. The lowest BCUT2D eigenvalue weighted by molar-refractivity contribution is 0.645. The minimum absolute atomic E-state index is 0.0810. The van der Waals surface area contributed by atoms with Gasteiger partial charge in [0.25, 0.3) is 5.56 Å². The summed E-state index contributed by atoms with van der Waals surface area (Å²) in [7, 11) is 0. The van der Waals surface area contributed by atoms with Gasteiger partial charge in [-0.25, -0.2) is 9.97 Å². The Balaban J connectivity index is 2.28. The Bertz CT molecular complexity index is 829. The Morgan fingerprint density at radius 1 is 1.48 bits per heavy atom. The third-order valence-electron chi connectivity index (χ3n) is 3.24. The number of fused-ring (bicyclic) bond motifs is 1. The van der Waals surface area contributed by atoms with Gasteiger partial charge in [0.05, 0.1) is 4.88 Å². The first-order valence-electron chi connectivity index (χ1n) is 6.86. The van der Waals surface area contributed by atoms with Gasteiger partial charge in [0.1, 0.15) is 6.33 Å². The Labute approximate surface area is 126 Å². The molecule has 0 saturated heterocycles. The lowest BCUT2D eigenvalue weighted by Gasteiger charge is -2.05. The van der Waals surface area contributed by atoms with Crippen LogP contribution in [0.1, 0.15) is 13.3 Å². The maximum atomic E-state index is 12.5. The number of thiophene rings is 1. The molecule has 0 N–H and O–H groups in total. The highest BCUT2D eigenvalue weighted by atomic mass is 32.1. The zero-order valence-electron chi connectivity index (χ0n) is 11.8. The van der Waals surface area contributed by atoms with Gasteiger partial charge < -0.3 is 4.57 Å². The monoisotopic (exact) mass is 300 g/mol. The van der Waals surface area contributed by atoms with Crippen molar-refractivity contribution in [3.8, 4) is 10.7 Å².